The van der Waals surface area contributed by atoms with Crippen LogP contribution in [0.1, 0.15) is 12.0 Å². The highest BCUT2D eigenvalue weighted by atomic mass is 35.5. The van der Waals surface area contributed by atoms with Crippen LogP contribution in [0.3, 0.4) is 0 Å². The molecule has 2 aliphatic rings. The van der Waals surface area contributed by atoms with Gasteiger partial charge < -0.3 is 5.32 Å². The molecule has 4 rings (SSSR count). The molecule has 1 fully saturated rings. The van der Waals surface area contributed by atoms with Gasteiger partial charge in [0.05, 0.1) is 27.1 Å². The molecule has 2 heterocycles. The normalized spacial score (nSPS) is 19.3. The lowest BCUT2D eigenvalue weighted by Gasteiger charge is -2.19. The second-order valence-electron chi connectivity index (χ2n) is 6.03. The summed E-state index contributed by atoms with van der Waals surface area (Å²) in [5.41, 5.74) is 3.66. The smallest absolute Gasteiger partial charge is 0.130 e. The summed E-state index contributed by atoms with van der Waals surface area (Å²) in [4.78, 5) is 2.45. The Balaban J connectivity index is 1.46. The minimum atomic E-state index is 0.345. The molecule has 7 heteroatoms. The number of benzene rings is 2. The van der Waals surface area contributed by atoms with Crippen molar-refractivity contribution in [3.8, 4) is 0 Å². The van der Waals surface area contributed by atoms with E-state index in [0.29, 0.717) is 21.8 Å². The molecule has 24 heavy (non-hydrogen) atoms. The van der Waals surface area contributed by atoms with Crippen molar-refractivity contribution in [3.63, 3.8) is 0 Å². The summed E-state index contributed by atoms with van der Waals surface area (Å²) < 4.78 is 8.61. The van der Waals surface area contributed by atoms with Gasteiger partial charge >= 0.3 is 0 Å². The summed E-state index contributed by atoms with van der Waals surface area (Å²) in [6, 6.07) is 12.6. The van der Waals surface area contributed by atoms with E-state index in [2.05, 4.69) is 43.2 Å². The van der Waals surface area contributed by atoms with Crippen LogP contribution < -0.4 is 5.32 Å². The van der Waals surface area contributed by atoms with Crippen molar-refractivity contribution in [2.24, 2.45) is 8.73 Å². The van der Waals surface area contributed by atoms with Crippen molar-refractivity contribution in [1.29, 1.82) is 0 Å². The molecule has 0 amide bonds. The SMILES string of the molecule is Clc1cc(Cl)c(NC2CCN(Cc3ccccc3)C2)c2c1N=S=N2. The quantitative estimate of drug-likeness (QED) is 0.659. The van der Waals surface area contributed by atoms with E-state index in [1.165, 1.54) is 5.56 Å². The zero-order valence-corrected chi connectivity index (χ0v) is 15.2. The number of anilines is 1. The van der Waals surface area contributed by atoms with Gasteiger partial charge in [0, 0.05) is 25.7 Å². The van der Waals surface area contributed by atoms with Gasteiger partial charge in [-0.15, -0.1) is 0 Å². The first-order valence-electron chi connectivity index (χ1n) is 7.84. The zero-order valence-electron chi connectivity index (χ0n) is 12.9. The Hall–Kier alpha value is -1.40. The summed E-state index contributed by atoms with van der Waals surface area (Å²) in [7, 11) is 0. The molecule has 0 saturated carbocycles. The van der Waals surface area contributed by atoms with Crippen LogP contribution in [0.25, 0.3) is 0 Å². The fourth-order valence-electron chi connectivity index (χ4n) is 3.15. The van der Waals surface area contributed by atoms with Gasteiger partial charge in [-0.1, -0.05) is 53.5 Å². The van der Waals surface area contributed by atoms with Crippen LogP contribution in [-0.2, 0) is 17.9 Å². The molecular weight excluding hydrogens is 363 g/mol. The third-order valence-corrected chi connectivity index (χ3v) is 5.43. The Labute approximate surface area is 154 Å². The highest BCUT2D eigenvalue weighted by molar-refractivity contribution is 7.58. The third kappa shape index (κ3) is 3.22. The summed E-state index contributed by atoms with van der Waals surface area (Å²) in [6.07, 6.45) is 1.07. The van der Waals surface area contributed by atoms with E-state index in [1.54, 1.807) is 6.07 Å². The fourth-order valence-corrected chi connectivity index (χ4v) is 4.32. The van der Waals surface area contributed by atoms with Crippen LogP contribution in [0, 0.1) is 0 Å². The zero-order chi connectivity index (χ0) is 16.5. The number of nitrogens with one attached hydrogen (secondary N) is 1. The lowest BCUT2D eigenvalue weighted by Crippen LogP contribution is -2.26. The van der Waals surface area contributed by atoms with Gasteiger partial charge in [-0.05, 0) is 18.1 Å². The Bertz CT molecular complexity index is 834. The van der Waals surface area contributed by atoms with Crippen molar-refractivity contribution >= 4 is 51.6 Å². The van der Waals surface area contributed by atoms with E-state index >= 15 is 0 Å². The van der Waals surface area contributed by atoms with E-state index in [9.17, 15) is 0 Å². The van der Waals surface area contributed by atoms with Gasteiger partial charge in [0.2, 0.25) is 0 Å². The monoisotopic (exact) mass is 378 g/mol. The van der Waals surface area contributed by atoms with Crippen molar-refractivity contribution in [3.05, 3.63) is 52.0 Å². The third-order valence-electron chi connectivity index (χ3n) is 4.31. The van der Waals surface area contributed by atoms with Crippen LogP contribution in [0.15, 0.2) is 45.1 Å². The summed E-state index contributed by atoms with van der Waals surface area (Å²) >= 11 is 13.7. The van der Waals surface area contributed by atoms with Gasteiger partial charge in [-0.2, -0.15) is 8.73 Å². The molecule has 2 aliphatic heterocycles. The predicted octanol–water partition coefficient (Wildman–Crippen LogP) is 5.41. The Morgan fingerprint density at radius 2 is 1.92 bits per heavy atom. The number of nitrogens with zero attached hydrogens (tertiary/aromatic N) is 3. The van der Waals surface area contributed by atoms with E-state index in [4.69, 9.17) is 23.2 Å². The number of hydrogen-bond acceptors (Lipinski definition) is 4. The Morgan fingerprint density at radius 1 is 1.12 bits per heavy atom. The molecule has 0 aromatic heterocycles. The van der Waals surface area contributed by atoms with E-state index in [1.807, 2.05) is 6.07 Å². The molecule has 1 atom stereocenters. The Morgan fingerprint density at radius 3 is 2.75 bits per heavy atom. The topological polar surface area (TPSA) is 40.0 Å². The lowest BCUT2D eigenvalue weighted by molar-refractivity contribution is 0.328. The lowest BCUT2D eigenvalue weighted by atomic mass is 10.2. The molecule has 4 nitrogen and oxygen atoms in total. The maximum Gasteiger partial charge on any atom is 0.130 e. The Kier molecular flexibility index (Phi) is 4.59. The molecule has 1 saturated heterocycles. The van der Waals surface area contributed by atoms with Gasteiger partial charge in [0.1, 0.15) is 11.4 Å². The molecule has 2 aromatic rings. The molecule has 124 valence electrons. The second kappa shape index (κ2) is 6.84. The van der Waals surface area contributed by atoms with E-state index in [0.717, 1.165) is 48.8 Å². The standard InChI is InChI=1S/C17H16Cl2N4S/c18-13-8-14(19)16-17(22-24-21-16)15(13)20-12-6-7-23(10-12)9-11-4-2-1-3-5-11/h1-5,8,12,20H,6-7,9-10H2. The van der Waals surface area contributed by atoms with Crippen LogP contribution >= 0.6 is 23.2 Å². The van der Waals surface area contributed by atoms with Crippen LogP contribution in [0.4, 0.5) is 17.1 Å². The van der Waals surface area contributed by atoms with Gasteiger partial charge in [0.25, 0.3) is 0 Å². The first-order chi connectivity index (χ1) is 11.7. The first-order valence-corrected chi connectivity index (χ1v) is 9.32. The summed E-state index contributed by atoms with van der Waals surface area (Å²) in [6.45, 7) is 3.02. The molecule has 0 spiro atoms. The molecular formula is C17H16Cl2N4S. The predicted molar refractivity (Wildman–Crippen MR) is 102 cm³/mol. The maximum atomic E-state index is 6.39. The number of hydrogen-bond donors (Lipinski definition) is 1. The summed E-state index contributed by atoms with van der Waals surface area (Å²) in [5.74, 6) is 0. The average Bonchev–Trinajstić information content (AvgIpc) is 3.22. The molecule has 0 radical (unpaired) electrons. The molecule has 0 aliphatic carbocycles. The largest absolute Gasteiger partial charge is 0.378 e. The van der Waals surface area contributed by atoms with Crippen molar-refractivity contribution in [1.82, 2.24) is 4.90 Å². The van der Waals surface area contributed by atoms with Gasteiger partial charge in [-0.3, -0.25) is 4.90 Å². The van der Waals surface area contributed by atoms with E-state index < -0.39 is 0 Å². The molecule has 1 unspecified atom stereocenters. The van der Waals surface area contributed by atoms with Crippen LogP contribution in [-0.4, -0.2) is 24.0 Å². The number of rotatable bonds is 4. The van der Waals surface area contributed by atoms with Crippen LogP contribution in [0.2, 0.25) is 10.0 Å². The summed E-state index contributed by atoms with van der Waals surface area (Å²) in [5, 5.41) is 4.70. The highest BCUT2D eigenvalue weighted by Crippen LogP contribution is 2.48. The van der Waals surface area contributed by atoms with Crippen molar-refractivity contribution < 1.29 is 0 Å². The fraction of sp³-hybridized carbons (Fsp3) is 0.294. The van der Waals surface area contributed by atoms with Crippen molar-refractivity contribution in [2.75, 3.05) is 18.4 Å². The maximum absolute atomic E-state index is 6.39. The van der Waals surface area contributed by atoms with Gasteiger partial charge in [-0.25, -0.2) is 0 Å². The van der Waals surface area contributed by atoms with Gasteiger partial charge in [0.15, 0.2) is 0 Å². The van der Waals surface area contributed by atoms with Crippen molar-refractivity contribution in [2.45, 2.75) is 19.0 Å². The number of halogens is 2. The molecule has 2 aromatic carbocycles. The minimum absolute atomic E-state index is 0.345. The number of fused-ring (bicyclic) bond motifs is 1. The highest BCUT2D eigenvalue weighted by Gasteiger charge is 2.26. The minimum Gasteiger partial charge on any atom is -0.378 e. The average molecular weight is 379 g/mol. The first kappa shape index (κ1) is 16.1. The second-order valence-corrected chi connectivity index (χ2v) is 7.37. The van der Waals surface area contributed by atoms with Crippen LogP contribution in [0.5, 0.6) is 0 Å². The number of likely N-dealkylation sites (tertiary alicyclic amines) is 1. The molecule has 0 bridgehead atoms. The van der Waals surface area contributed by atoms with E-state index in [-0.39, 0.29) is 0 Å². The molecule has 1 N–H and O–H groups in total.